The molecular formula is C14H21NO. The number of carbonyl (C=O) groups excluding carboxylic acids is 1. The number of benzene rings is 1. The fourth-order valence-corrected chi connectivity index (χ4v) is 2.32. The Morgan fingerprint density at radius 3 is 2.19 bits per heavy atom. The molecule has 1 aromatic rings. The molecule has 1 aromatic carbocycles. The van der Waals surface area contributed by atoms with Gasteiger partial charge in [-0.15, -0.1) is 0 Å². The average molecular weight is 219 g/mol. The van der Waals surface area contributed by atoms with Crippen molar-refractivity contribution in [2.24, 2.45) is 5.73 Å². The molecule has 88 valence electrons. The highest BCUT2D eigenvalue weighted by Gasteiger charge is 2.13. The zero-order chi connectivity index (χ0) is 12.1. The lowest BCUT2D eigenvalue weighted by molar-refractivity contribution is 0.0999. The van der Waals surface area contributed by atoms with Crippen molar-refractivity contribution in [3.63, 3.8) is 0 Å². The molecule has 0 spiro atoms. The van der Waals surface area contributed by atoms with E-state index in [-0.39, 0.29) is 5.91 Å². The number of amides is 1. The predicted octanol–water partition coefficient (Wildman–Crippen LogP) is 2.86. The highest BCUT2D eigenvalue weighted by Crippen LogP contribution is 2.22. The topological polar surface area (TPSA) is 43.1 Å². The monoisotopic (exact) mass is 219 g/mol. The molecule has 0 saturated heterocycles. The molecule has 2 N–H and O–H groups in total. The molecule has 0 radical (unpaired) electrons. The molecule has 16 heavy (non-hydrogen) atoms. The molecule has 1 amide bonds. The zero-order valence-electron chi connectivity index (χ0n) is 10.5. The normalized spacial score (nSPS) is 10.4. The summed E-state index contributed by atoms with van der Waals surface area (Å²) < 4.78 is 0. The lowest BCUT2D eigenvalue weighted by atomic mass is 9.90. The van der Waals surface area contributed by atoms with Crippen LogP contribution in [0.4, 0.5) is 0 Å². The van der Waals surface area contributed by atoms with Crippen molar-refractivity contribution < 1.29 is 4.79 Å². The van der Waals surface area contributed by atoms with Crippen LogP contribution in [0, 0.1) is 0 Å². The first-order valence-electron chi connectivity index (χ1n) is 6.09. The summed E-state index contributed by atoms with van der Waals surface area (Å²) >= 11 is 0. The maximum atomic E-state index is 11.3. The van der Waals surface area contributed by atoms with E-state index in [0.717, 1.165) is 31.2 Å². The smallest absolute Gasteiger partial charge is 0.248 e. The number of aryl methyl sites for hydroxylation is 1. The first-order chi connectivity index (χ1) is 7.65. The summed E-state index contributed by atoms with van der Waals surface area (Å²) in [4.78, 5) is 11.3. The van der Waals surface area contributed by atoms with Crippen LogP contribution < -0.4 is 5.73 Å². The average Bonchev–Trinajstić information content (AvgIpc) is 2.28. The Morgan fingerprint density at radius 2 is 1.75 bits per heavy atom. The molecule has 0 fully saturated rings. The van der Waals surface area contributed by atoms with Crippen LogP contribution in [0.2, 0.25) is 0 Å². The summed E-state index contributed by atoms with van der Waals surface area (Å²) in [6, 6.07) is 3.94. The second-order valence-electron chi connectivity index (χ2n) is 4.05. The predicted molar refractivity (Wildman–Crippen MR) is 67.7 cm³/mol. The van der Waals surface area contributed by atoms with E-state index in [1.165, 1.54) is 11.1 Å². The van der Waals surface area contributed by atoms with Gasteiger partial charge < -0.3 is 5.73 Å². The number of hydrogen-bond acceptors (Lipinski definition) is 1. The van der Waals surface area contributed by atoms with E-state index in [1.54, 1.807) is 0 Å². The fraction of sp³-hybridized carbons (Fsp3) is 0.500. The molecule has 0 unspecified atom stereocenters. The fourth-order valence-electron chi connectivity index (χ4n) is 2.32. The van der Waals surface area contributed by atoms with Gasteiger partial charge >= 0.3 is 0 Å². The second-order valence-corrected chi connectivity index (χ2v) is 4.05. The Balaban J connectivity index is 3.33. The number of primary amides is 1. The lowest BCUT2D eigenvalue weighted by Gasteiger charge is -2.15. The van der Waals surface area contributed by atoms with Crippen molar-refractivity contribution >= 4 is 5.91 Å². The van der Waals surface area contributed by atoms with E-state index in [1.807, 2.05) is 6.07 Å². The van der Waals surface area contributed by atoms with Crippen molar-refractivity contribution in [3.8, 4) is 0 Å². The molecule has 0 bridgehead atoms. The van der Waals surface area contributed by atoms with Crippen LogP contribution in [0.25, 0.3) is 0 Å². The van der Waals surface area contributed by atoms with Crippen molar-refractivity contribution in [1.82, 2.24) is 0 Å². The molecule has 0 aliphatic carbocycles. The summed E-state index contributed by atoms with van der Waals surface area (Å²) in [5, 5.41) is 0. The first-order valence-corrected chi connectivity index (χ1v) is 6.09. The van der Waals surface area contributed by atoms with Crippen LogP contribution in [-0.4, -0.2) is 5.91 Å². The Hall–Kier alpha value is -1.31. The van der Waals surface area contributed by atoms with Gasteiger partial charge in [-0.25, -0.2) is 0 Å². The van der Waals surface area contributed by atoms with Crippen molar-refractivity contribution in [2.75, 3.05) is 0 Å². The molecule has 0 aromatic heterocycles. The third-order valence-electron chi connectivity index (χ3n) is 3.02. The Bertz CT molecular complexity index is 383. The molecule has 2 nitrogen and oxygen atoms in total. The van der Waals surface area contributed by atoms with Crippen LogP contribution >= 0.6 is 0 Å². The van der Waals surface area contributed by atoms with Gasteiger partial charge in [0.05, 0.1) is 0 Å². The van der Waals surface area contributed by atoms with Gasteiger partial charge in [-0.05, 0) is 42.0 Å². The van der Waals surface area contributed by atoms with E-state index in [0.29, 0.717) is 5.56 Å². The van der Waals surface area contributed by atoms with Crippen molar-refractivity contribution in [3.05, 3.63) is 34.4 Å². The lowest BCUT2D eigenvalue weighted by Crippen LogP contribution is -2.15. The first kappa shape index (κ1) is 12.8. The quantitative estimate of drug-likeness (QED) is 0.813. The number of hydrogen-bond donors (Lipinski definition) is 1. The molecule has 0 saturated carbocycles. The Kier molecular flexibility index (Phi) is 4.53. The summed E-state index contributed by atoms with van der Waals surface area (Å²) in [6.45, 7) is 6.39. The van der Waals surface area contributed by atoms with Gasteiger partial charge in [-0.3, -0.25) is 4.79 Å². The molecule has 1 rings (SSSR count). The van der Waals surface area contributed by atoms with Gasteiger partial charge in [0.1, 0.15) is 0 Å². The molecule has 0 aliphatic heterocycles. The van der Waals surface area contributed by atoms with E-state index < -0.39 is 0 Å². The number of rotatable bonds is 5. The van der Waals surface area contributed by atoms with Crippen LogP contribution in [0.15, 0.2) is 12.1 Å². The highest BCUT2D eigenvalue weighted by atomic mass is 16.1. The molecule has 0 aliphatic rings. The number of carbonyl (C=O) groups is 1. The van der Waals surface area contributed by atoms with Crippen LogP contribution in [0.1, 0.15) is 54.2 Å². The van der Waals surface area contributed by atoms with Crippen LogP contribution in [0.3, 0.4) is 0 Å². The van der Waals surface area contributed by atoms with E-state index in [4.69, 9.17) is 5.73 Å². The summed E-state index contributed by atoms with van der Waals surface area (Å²) in [5.74, 6) is -0.311. The van der Waals surface area contributed by atoms with Gasteiger partial charge in [0.25, 0.3) is 0 Å². The maximum Gasteiger partial charge on any atom is 0.248 e. The van der Waals surface area contributed by atoms with Gasteiger partial charge in [0, 0.05) is 5.56 Å². The SMILES string of the molecule is CCCc1ccc(C(N)=O)c(CC)c1CC. The third-order valence-corrected chi connectivity index (χ3v) is 3.02. The minimum absolute atomic E-state index is 0.311. The summed E-state index contributed by atoms with van der Waals surface area (Å²) in [6.07, 6.45) is 4.06. The van der Waals surface area contributed by atoms with Crippen LogP contribution in [0.5, 0.6) is 0 Å². The van der Waals surface area contributed by atoms with Crippen molar-refractivity contribution in [1.29, 1.82) is 0 Å². The molecule has 2 heteroatoms. The van der Waals surface area contributed by atoms with Gasteiger partial charge in [0.2, 0.25) is 5.91 Å². The highest BCUT2D eigenvalue weighted by molar-refractivity contribution is 5.94. The summed E-state index contributed by atoms with van der Waals surface area (Å²) in [5.41, 5.74) is 9.92. The van der Waals surface area contributed by atoms with E-state index in [2.05, 4.69) is 26.8 Å². The third kappa shape index (κ3) is 2.43. The minimum atomic E-state index is -0.311. The zero-order valence-corrected chi connectivity index (χ0v) is 10.5. The van der Waals surface area contributed by atoms with Gasteiger partial charge in [-0.1, -0.05) is 33.3 Å². The second kappa shape index (κ2) is 5.69. The Labute approximate surface area is 97.9 Å². The van der Waals surface area contributed by atoms with Crippen molar-refractivity contribution in [2.45, 2.75) is 46.5 Å². The van der Waals surface area contributed by atoms with E-state index in [9.17, 15) is 4.79 Å². The Morgan fingerprint density at radius 1 is 1.12 bits per heavy atom. The van der Waals surface area contributed by atoms with Gasteiger partial charge in [0.15, 0.2) is 0 Å². The largest absolute Gasteiger partial charge is 0.366 e. The maximum absolute atomic E-state index is 11.3. The molecule has 0 atom stereocenters. The molecule has 0 heterocycles. The number of nitrogens with two attached hydrogens (primary N) is 1. The van der Waals surface area contributed by atoms with Gasteiger partial charge in [-0.2, -0.15) is 0 Å². The standard InChI is InChI=1S/C14H21NO/c1-4-7-10-8-9-13(14(15)16)12(6-3)11(10)5-2/h8-9H,4-7H2,1-3H3,(H2,15,16). The van der Waals surface area contributed by atoms with E-state index >= 15 is 0 Å². The van der Waals surface area contributed by atoms with Crippen LogP contribution in [-0.2, 0) is 19.3 Å². The summed E-state index contributed by atoms with van der Waals surface area (Å²) in [7, 11) is 0. The molecular weight excluding hydrogens is 198 g/mol. The minimum Gasteiger partial charge on any atom is -0.366 e.